The summed E-state index contributed by atoms with van der Waals surface area (Å²) in [6.07, 6.45) is 2.03. The molecule has 0 heterocycles. The van der Waals surface area contributed by atoms with Crippen LogP contribution in [0.1, 0.15) is 46.1 Å². The number of hydrogen-bond donors (Lipinski definition) is 1. The normalized spacial score (nSPS) is 11.4. The van der Waals surface area contributed by atoms with E-state index in [0.29, 0.717) is 28.7 Å². The molecule has 0 amide bonds. The van der Waals surface area contributed by atoms with Crippen LogP contribution in [0.25, 0.3) is 0 Å². The van der Waals surface area contributed by atoms with Crippen LogP contribution in [0.5, 0.6) is 0 Å². The summed E-state index contributed by atoms with van der Waals surface area (Å²) >= 11 is 3.34. The lowest BCUT2D eigenvalue weighted by atomic mass is 10.1. The van der Waals surface area contributed by atoms with E-state index in [-0.39, 0.29) is 5.82 Å². The highest BCUT2D eigenvalue weighted by Crippen LogP contribution is 2.32. The molecule has 0 spiro atoms. The van der Waals surface area contributed by atoms with E-state index in [0.717, 1.165) is 24.9 Å². The summed E-state index contributed by atoms with van der Waals surface area (Å²) in [6.45, 7) is 9.84. The molecule has 0 fully saturated rings. The summed E-state index contributed by atoms with van der Waals surface area (Å²) in [5.74, 6) is 0.295. The zero-order valence-corrected chi connectivity index (χ0v) is 14.5. The van der Waals surface area contributed by atoms with Gasteiger partial charge in [-0.1, -0.05) is 33.8 Å². The maximum absolute atomic E-state index is 14.6. The van der Waals surface area contributed by atoms with Gasteiger partial charge < -0.3 is 10.6 Å². The van der Waals surface area contributed by atoms with E-state index in [4.69, 9.17) is 5.73 Å². The van der Waals surface area contributed by atoms with Crippen molar-refractivity contribution in [2.75, 3.05) is 11.4 Å². The third-order valence-electron chi connectivity index (χ3n) is 3.62. The van der Waals surface area contributed by atoms with Gasteiger partial charge in [-0.2, -0.15) is 0 Å². The topological polar surface area (TPSA) is 29.3 Å². The van der Waals surface area contributed by atoms with Gasteiger partial charge in [0.25, 0.3) is 0 Å². The van der Waals surface area contributed by atoms with Crippen molar-refractivity contribution in [3.8, 4) is 0 Å². The molecule has 0 unspecified atom stereocenters. The van der Waals surface area contributed by atoms with Crippen LogP contribution in [0.15, 0.2) is 16.6 Å². The molecule has 0 saturated carbocycles. The summed E-state index contributed by atoms with van der Waals surface area (Å²) in [5, 5.41) is 0. The highest BCUT2D eigenvalue weighted by atomic mass is 79.9. The largest absolute Gasteiger partial charge is 0.366 e. The van der Waals surface area contributed by atoms with Gasteiger partial charge in [-0.05, 0) is 46.3 Å². The first-order valence-electron chi connectivity index (χ1n) is 7.39. The fourth-order valence-electron chi connectivity index (χ4n) is 2.53. The van der Waals surface area contributed by atoms with Crippen LogP contribution in [-0.4, -0.2) is 12.6 Å². The molecule has 0 saturated heterocycles. The average Bonchev–Trinajstić information content (AvgIpc) is 2.42. The van der Waals surface area contributed by atoms with Crippen molar-refractivity contribution in [2.24, 2.45) is 11.7 Å². The second-order valence-corrected chi connectivity index (χ2v) is 6.39. The van der Waals surface area contributed by atoms with Crippen molar-refractivity contribution in [1.82, 2.24) is 0 Å². The molecule has 1 aromatic rings. The first-order valence-corrected chi connectivity index (χ1v) is 8.19. The molecule has 1 rings (SSSR count). The lowest BCUT2D eigenvalue weighted by Gasteiger charge is -2.34. The Bertz CT molecular complexity index is 431. The molecule has 0 aliphatic heterocycles. The molecule has 0 atom stereocenters. The third kappa shape index (κ3) is 3.95. The standard InChI is InChI=1S/C16H26BrFN2/c1-5-13(6-2)20(10-11(3)4)14-8-7-12(9-19)15(17)16(14)18/h7-8,11,13H,5-6,9-10,19H2,1-4H3. The maximum atomic E-state index is 14.6. The Kier molecular flexibility index (Phi) is 6.96. The molecular formula is C16H26BrFN2. The van der Waals surface area contributed by atoms with E-state index in [9.17, 15) is 4.39 Å². The zero-order valence-electron chi connectivity index (χ0n) is 12.9. The third-order valence-corrected chi connectivity index (χ3v) is 4.47. The SMILES string of the molecule is CCC(CC)N(CC(C)C)c1ccc(CN)c(Br)c1F. The highest BCUT2D eigenvalue weighted by Gasteiger charge is 2.22. The molecule has 1 aromatic carbocycles. The van der Waals surface area contributed by atoms with Crippen LogP contribution in [0.3, 0.4) is 0 Å². The quantitative estimate of drug-likeness (QED) is 0.776. The van der Waals surface area contributed by atoms with Gasteiger partial charge in [-0.15, -0.1) is 0 Å². The molecular weight excluding hydrogens is 319 g/mol. The summed E-state index contributed by atoms with van der Waals surface area (Å²) in [7, 11) is 0. The van der Waals surface area contributed by atoms with Crippen molar-refractivity contribution >= 4 is 21.6 Å². The van der Waals surface area contributed by atoms with Crippen LogP contribution in [0.2, 0.25) is 0 Å². The minimum Gasteiger partial charge on any atom is -0.366 e. The van der Waals surface area contributed by atoms with Gasteiger partial charge in [0.2, 0.25) is 0 Å². The second kappa shape index (κ2) is 7.99. The van der Waals surface area contributed by atoms with Gasteiger partial charge in [-0.25, -0.2) is 4.39 Å². The maximum Gasteiger partial charge on any atom is 0.160 e. The Hall–Kier alpha value is -0.610. The first kappa shape index (κ1) is 17.4. The summed E-state index contributed by atoms with van der Waals surface area (Å²) in [5.41, 5.74) is 7.11. The molecule has 0 aromatic heterocycles. The molecule has 4 heteroatoms. The van der Waals surface area contributed by atoms with E-state index in [1.54, 1.807) is 0 Å². The summed E-state index contributed by atoms with van der Waals surface area (Å²) in [4.78, 5) is 2.20. The Morgan fingerprint density at radius 2 is 1.85 bits per heavy atom. The Labute approximate surface area is 130 Å². The van der Waals surface area contributed by atoms with Crippen molar-refractivity contribution in [1.29, 1.82) is 0 Å². The van der Waals surface area contributed by atoms with E-state index in [2.05, 4.69) is 48.5 Å². The van der Waals surface area contributed by atoms with Crippen molar-refractivity contribution in [2.45, 2.75) is 53.1 Å². The Morgan fingerprint density at radius 1 is 1.25 bits per heavy atom. The zero-order chi connectivity index (χ0) is 15.3. The lowest BCUT2D eigenvalue weighted by molar-refractivity contribution is 0.495. The Balaban J connectivity index is 3.23. The van der Waals surface area contributed by atoms with Crippen LogP contribution in [-0.2, 0) is 6.54 Å². The van der Waals surface area contributed by atoms with Gasteiger partial charge in [0.05, 0.1) is 10.2 Å². The minimum atomic E-state index is -0.194. The molecule has 0 bridgehead atoms. The first-order chi connectivity index (χ1) is 9.46. The minimum absolute atomic E-state index is 0.194. The smallest absolute Gasteiger partial charge is 0.160 e. The molecule has 114 valence electrons. The van der Waals surface area contributed by atoms with Crippen molar-refractivity contribution < 1.29 is 4.39 Å². The number of benzene rings is 1. The predicted octanol–water partition coefficient (Wildman–Crippen LogP) is 4.70. The number of hydrogen-bond acceptors (Lipinski definition) is 2. The number of nitrogens with zero attached hydrogens (tertiary/aromatic N) is 1. The lowest BCUT2D eigenvalue weighted by Crippen LogP contribution is -2.38. The molecule has 2 nitrogen and oxygen atoms in total. The van der Waals surface area contributed by atoms with Crippen LogP contribution >= 0.6 is 15.9 Å². The second-order valence-electron chi connectivity index (χ2n) is 5.59. The van der Waals surface area contributed by atoms with Gasteiger partial charge in [-0.3, -0.25) is 0 Å². The number of rotatable bonds is 7. The van der Waals surface area contributed by atoms with Crippen molar-refractivity contribution in [3.05, 3.63) is 28.0 Å². The molecule has 0 radical (unpaired) electrons. The van der Waals surface area contributed by atoms with E-state index >= 15 is 0 Å². The van der Waals surface area contributed by atoms with Crippen LogP contribution in [0, 0.1) is 11.7 Å². The monoisotopic (exact) mass is 344 g/mol. The predicted molar refractivity (Wildman–Crippen MR) is 88.5 cm³/mol. The average molecular weight is 345 g/mol. The molecule has 2 N–H and O–H groups in total. The van der Waals surface area contributed by atoms with Crippen LogP contribution < -0.4 is 10.6 Å². The van der Waals surface area contributed by atoms with Gasteiger partial charge in [0.1, 0.15) is 0 Å². The molecule has 20 heavy (non-hydrogen) atoms. The van der Waals surface area contributed by atoms with E-state index < -0.39 is 0 Å². The number of nitrogens with two attached hydrogens (primary N) is 1. The highest BCUT2D eigenvalue weighted by molar-refractivity contribution is 9.10. The fourth-order valence-corrected chi connectivity index (χ4v) is 3.02. The molecule has 0 aliphatic rings. The summed E-state index contributed by atoms with van der Waals surface area (Å²) < 4.78 is 15.1. The number of anilines is 1. The fraction of sp³-hybridized carbons (Fsp3) is 0.625. The number of halogens is 2. The van der Waals surface area contributed by atoms with Gasteiger partial charge in [0.15, 0.2) is 5.82 Å². The van der Waals surface area contributed by atoms with Crippen molar-refractivity contribution in [3.63, 3.8) is 0 Å². The van der Waals surface area contributed by atoms with Gasteiger partial charge >= 0.3 is 0 Å². The molecule has 0 aliphatic carbocycles. The summed E-state index contributed by atoms with van der Waals surface area (Å²) in [6, 6.07) is 4.14. The van der Waals surface area contributed by atoms with Gasteiger partial charge in [0, 0.05) is 19.1 Å². The van der Waals surface area contributed by atoms with E-state index in [1.807, 2.05) is 12.1 Å². The van der Waals surface area contributed by atoms with E-state index in [1.165, 1.54) is 0 Å². The Morgan fingerprint density at radius 3 is 2.30 bits per heavy atom. The van der Waals surface area contributed by atoms with Crippen LogP contribution in [0.4, 0.5) is 10.1 Å².